The normalized spacial score (nSPS) is 16.7. The third-order valence-electron chi connectivity index (χ3n) is 3.28. The Morgan fingerprint density at radius 3 is 2.72 bits per heavy atom. The minimum atomic E-state index is -0.550. The van der Waals surface area contributed by atoms with E-state index in [1.807, 2.05) is 0 Å². The first-order valence-corrected chi connectivity index (χ1v) is 6.73. The van der Waals surface area contributed by atoms with E-state index in [2.05, 4.69) is 21.2 Å². The van der Waals surface area contributed by atoms with Crippen LogP contribution >= 0.6 is 15.9 Å². The average molecular weight is 315 g/mol. The molecule has 0 saturated carbocycles. The summed E-state index contributed by atoms with van der Waals surface area (Å²) in [5, 5.41) is 23.7. The van der Waals surface area contributed by atoms with Crippen molar-refractivity contribution in [3.05, 3.63) is 32.3 Å². The van der Waals surface area contributed by atoms with Gasteiger partial charge in [-0.3, -0.25) is 10.1 Å². The lowest BCUT2D eigenvalue weighted by Gasteiger charge is -2.22. The number of benzene rings is 1. The number of phenols is 1. The van der Waals surface area contributed by atoms with Crippen molar-refractivity contribution in [1.29, 1.82) is 0 Å². The van der Waals surface area contributed by atoms with Crippen LogP contribution in [-0.4, -0.2) is 23.1 Å². The molecule has 2 N–H and O–H groups in total. The van der Waals surface area contributed by atoms with E-state index in [0.717, 1.165) is 37.9 Å². The van der Waals surface area contributed by atoms with Crippen molar-refractivity contribution in [2.75, 3.05) is 13.1 Å². The Bertz CT molecular complexity index is 459. The molecule has 18 heavy (non-hydrogen) atoms. The molecular formula is C12H15BrN2O3. The smallest absolute Gasteiger partial charge is 0.312 e. The Hall–Kier alpha value is -1.14. The van der Waals surface area contributed by atoms with Gasteiger partial charge in [-0.15, -0.1) is 0 Å². The summed E-state index contributed by atoms with van der Waals surface area (Å²) in [6.45, 7) is 2.01. The SMILES string of the molecule is O=[N+]([O-])c1cc(CC2CCNCC2)cc(Br)c1O. The summed E-state index contributed by atoms with van der Waals surface area (Å²) in [6, 6.07) is 3.24. The van der Waals surface area contributed by atoms with Gasteiger partial charge in [0.25, 0.3) is 0 Å². The third-order valence-corrected chi connectivity index (χ3v) is 3.89. The summed E-state index contributed by atoms with van der Waals surface area (Å²) in [7, 11) is 0. The van der Waals surface area contributed by atoms with Gasteiger partial charge in [-0.25, -0.2) is 0 Å². The standard InChI is InChI=1S/C12H15BrN2O3/c13-10-6-9(5-8-1-3-14-4-2-8)7-11(12(10)16)15(17)18/h6-8,14,16H,1-5H2. The van der Waals surface area contributed by atoms with Gasteiger partial charge in [0.2, 0.25) is 5.75 Å². The molecule has 0 aliphatic carbocycles. The lowest BCUT2D eigenvalue weighted by Crippen LogP contribution is -2.28. The number of hydrogen-bond acceptors (Lipinski definition) is 4. The summed E-state index contributed by atoms with van der Waals surface area (Å²) in [5.41, 5.74) is 0.673. The van der Waals surface area contributed by atoms with Gasteiger partial charge in [0.05, 0.1) is 9.40 Å². The van der Waals surface area contributed by atoms with Crippen molar-refractivity contribution in [2.45, 2.75) is 19.3 Å². The Labute approximate surface area is 113 Å². The van der Waals surface area contributed by atoms with E-state index < -0.39 is 4.92 Å². The van der Waals surface area contributed by atoms with Crippen LogP contribution in [-0.2, 0) is 6.42 Å². The molecular weight excluding hydrogens is 300 g/mol. The molecule has 6 heteroatoms. The lowest BCUT2D eigenvalue weighted by molar-refractivity contribution is -0.386. The van der Waals surface area contributed by atoms with E-state index in [1.54, 1.807) is 6.07 Å². The number of hydrogen-bond donors (Lipinski definition) is 2. The Kier molecular flexibility index (Phi) is 4.19. The number of nitrogens with one attached hydrogen (secondary N) is 1. The number of aromatic hydroxyl groups is 1. The van der Waals surface area contributed by atoms with Crippen molar-refractivity contribution in [1.82, 2.24) is 5.32 Å². The predicted molar refractivity (Wildman–Crippen MR) is 71.8 cm³/mol. The largest absolute Gasteiger partial charge is 0.501 e. The van der Waals surface area contributed by atoms with Crippen LogP contribution in [0.4, 0.5) is 5.69 Å². The molecule has 0 amide bonds. The quantitative estimate of drug-likeness (QED) is 0.664. The van der Waals surface area contributed by atoms with Gasteiger partial charge in [0.1, 0.15) is 0 Å². The van der Waals surface area contributed by atoms with Crippen molar-refractivity contribution < 1.29 is 10.0 Å². The van der Waals surface area contributed by atoms with E-state index >= 15 is 0 Å². The highest BCUT2D eigenvalue weighted by Crippen LogP contribution is 2.36. The number of rotatable bonds is 3. The van der Waals surface area contributed by atoms with Crippen molar-refractivity contribution in [3.63, 3.8) is 0 Å². The average Bonchev–Trinajstić information content (AvgIpc) is 2.34. The van der Waals surface area contributed by atoms with Crippen LogP contribution < -0.4 is 5.32 Å². The summed E-state index contributed by atoms with van der Waals surface area (Å²) in [6.07, 6.45) is 3.00. The Morgan fingerprint density at radius 1 is 1.44 bits per heavy atom. The monoisotopic (exact) mass is 314 g/mol. The maximum absolute atomic E-state index is 10.8. The fourth-order valence-electron chi connectivity index (χ4n) is 2.32. The summed E-state index contributed by atoms with van der Waals surface area (Å²) < 4.78 is 0.389. The highest BCUT2D eigenvalue weighted by atomic mass is 79.9. The van der Waals surface area contributed by atoms with Gasteiger partial charge in [-0.1, -0.05) is 0 Å². The van der Waals surface area contributed by atoms with E-state index in [4.69, 9.17) is 0 Å². The zero-order chi connectivity index (χ0) is 13.1. The van der Waals surface area contributed by atoms with Crippen LogP contribution in [0.15, 0.2) is 16.6 Å². The molecule has 0 aromatic heterocycles. The number of phenolic OH excluding ortho intramolecular Hbond substituents is 1. The van der Waals surface area contributed by atoms with Crippen LogP contribution in [0.1, 0.15) is 18.4 Å². The molecule has 2 rings (SSSR count). The molecule has 1 aliphatic rings. The predicted octanol–water partition coefficient (Wildman–Crippen LogP) is 2.61. The number of piperidine rings is 1. The number of nitrogens with zero attached hydrogens (tertiary/aromatic N) is 1. The first kappa shape index (κ1) is 13.3. The summed E-state index contributed by atoms with van der Waals surface area (Å²) in [5.74, 6) is 0.261. The Balaban J connectivity index is 2.20. The first-order chi connectivity index (χ1) is 8.58. The van der Waals surface area contributed by atoms with Crippen LogP contribution in [0, 0.1) is 16.0 Å². The summed E-state index contributed by atoms with van der Waals surface area (Å²) in [4.78, 5) is 10.3. The van der Waals surface area contributed by atoms with Gasteiger partial charge >= 0.3 is 5.69 Å². The maximum atomic E-state index is 10.8. The topological polar surface area (TPSA) is 75.4 Å². The zero-order valence-corrected chi connectivity index (χ0v) is 11.4. The molecule has 98 valence electrons. The first-order valence-electron chi connectivity index (χ1n) is 5.94. The second-order valence-corrected chi connectivity index (χ2v) is 5.45. The second-order valence-electron chi connectivity index (χ2n) is 4.60. The molecule has 1 saturated heterocycles. The molecule has 0 radical (unpaired) electrons. The minimum absolute atomic E-state index is 0.228. The molecule has 0 atom stereocenters. The van der Waals surface area contributed by atoms with Gasteiger partial charge in [-0.05, 0) is 65.8 Å². The van der Waals surface area contributed by atoms with Gasteiger partial charge in [0, 0.05) is 6.07 Å². The molecule has 5 nitrogen and oxygen atoms in total. The molecule has 1 heterocycles. The molecule has 0 spiro atoms. The lowest BCUT2D eigenvalue weighted by atomic mass is 9.91. The van der Waals surface area contributed by atoms with E-state index in [1.165, 1.54) is 6.07 Å². The molecule has 1 aliphatic heterocycles. The number of halogens is 1. The van der Waals surface area contributed by atoms with Crippen molar-refractivity contribution in [2.24, 2.45) is 5.92 Å². The molecule has 1 aromatic carbocycles. The fraction of sp³-hybridized carbons (Fsp3) is 0.500. The van der Waals surface area contributed by atoms with E-state index in [-0.39, 0.29) is 11.4 Å². The minimum Gasteiger partial charge on any atom is -0.501 e. The van der Waals surface area contributed by atoms with Gasteiger partial charge in [-0.2, -0.15) is 0 Å². The fourth-order valence-corrected chi connectivity index (χ4v) is 2.81. The van der Waals surface area contributed by atoms with Crippen LogP contribution in [0.5, 0.6) is 5.75 Å². The van der Waals surface area contributed by atoms with Crippen LogP contribution in [0.3, 0.4) is 0 Å². The second kappa shape index (κ2) is 5.67. The third kappa shape index (κ3) is 3.00. The molecule has 1 fully saturated rings. The number of nitro benzene ring substituents is 1. The highest BCUT2D eigenvalue weighted by molar-refractivity contribution is 9.10. The van der Waals surface area contributed by atoms with Gasteiger partial charge in [0.15, 0.2) is 0 Å². The van der Waals surface area contributed by atoms with E-state index in [0.29, 0.717) is 10.4 Å². The molecule has 1 aromatic rings. The number of nitro groups is 1. The van der Waals surface area contributed by atoms with Crippen molar-refractivity contribution >= 4 is 21.6 Å². The van der Waals surface area contributed by atoms with Crippen LogP contribution in [0.2, 0.25) is 0 Å². The van der Waals surface area contributed by atoms with Crippen LogP contribution in [0.25, 0.3) is 0 Å². The maximum Gasteiger partial charge on any atom is 0.312 e. The molecule has 0 bridgehead atoms. The summed E-state index contributed by atoms with van der Waals surface area (Å²) >= 11 is 3.16. The van der Waals surface area contributed by atoms with Gasteiger partial charge < -0.3 is 10.4 Å². The highest BCUT2D eigenvalue weighted by Gasteiger charge is 2.20. The Morgan fingerprint density at radius 2 is 2.11 bits per heavy atom. The zero-order valence-electron chi connectivity index (χ0n) is 9.86. The van der Waals surface area contributed by atoms with E-state index in [9.17, 15) is 15.2 Å². The van der Waals surface area contributed by atoms with Crippen molar-refractivity contribution in [3.8, 4) is 5.75 Å². The molecule has 0 unspecified atom stereocenters.